The molecular formula is C22H19N5O3S. The van der Waals surface area contributed by atoms with Crippen LogP contribution in [0.5, 0.6) is 0 Å². The molecule has 2 heterocycles. The number of sulfonamides is 1. The Balaban J connectivity index is 1.77. The molecule has 156 valence electrons. The molecule has 4 aromatic rings. The van der Waals surface area contributed by atoms with Gasteiger partial charge in [-0.2, -0.15) is 0 Å². The van der Waals surface area contributed by atoms with E-state index in [1.54, 1.807) is 36.7 Å². The average Bonchev–Trinajstić information content (AvgIpc) is 3.16. The first-order valence-electron chi connectivity index (χ1n) is 9.26. The SMILES string of the molecule is NC(=O)C(=Cc1c[nH]c2nccc(Nc3ccc(S(N)(=O)=O)cc3)c12)c1ccccc1. The van der Waals surface area contributed by atoms with Crippen molar-refractivity contribution in [2.45, 2.75) is 4.90 Å². The summed E-state index contributed by atoms with van der Waals surface area (Å²) in [6, 6.07) is 17.0. The molecule has 0 atom stereocenters. The number of rotatable bonds is 6. The number of carbonyl (C=O) groups excluding carboxylic acids is 1. The van der Waals surface area contributed by atoms with Crippen LogP contribution in [0.25, 0.3) is 22.7 Å². The van der Waals surface area contributed by atoms with Gasteiger partial charge in [0, 0.05) is 34.6 Å². The van der Waals surface area contributed by atoms with Crippen molar-refractivity contribution in [1.29, 1.82) is 0 Å². The normalized spacial score (nSPS) is 12.1. The fraction of sp³-hybridized carbons (Fsp3) is 0. The average molecular weight is 433 g/mol. The van der Waals surface area contributed by atoms with Crippen LogP contribution in [0.15, 0.2) is 78.0 Å². The second-order valence-corrected chi connectivity index (χ2v) is 8.37. The second kappa shape index (κ2) is 8.05. The van der Waals surface area contributed by atoms with Crippen molar-refractivity contribution >= 4 is 50.0 Å². The van der Waals surface area contributed by atoms with E-state index in [1.165, 1.54) is 12.1 Å². The molecule has 0 saturated carbocycles. The lowest BCUT2D eigenvalue weighted by molar-refractivity contribution is -0.112. The summed E-state index contributed by atoms with van der Waals surface area (Å²) < 4.78 is 22.9. The number of pyridine rings is 1. The van der Waals surface area contributed by atoms with Gasteiger partial charge in [-0.3, -0.25) is 4.79 Å². The van der Waals surface area contributed by atoms with E-state index in [4.69, 9.17) is 10.9 Å². The Labute approximate surface area is 178 Å². The molecule has 0 aliphatic rings. The fourth-order valence-corrected chi connectivity index (χ4v) is 3.77. The first-order valence-corrected chi connectivity index (χ1v) is 10.8. The summed E-state index contributed by atoms with van der Waals surface area (Å²) in [6.07, 6.45) is 5.10. The van der Waals surface area contributed by atoms with Gasteiger partial charge in [0.25, 0.3) is 0 Å². The molecular weight excluding hydrogens is 414 g/mol. The van der Waals surface area contributed by atoms with E-state index < -0.39 is 15.9 Å². The molecule has 0 fully saturated rings. The van der Waals surface area contributed by atoms with Crippen molar-refractivity contribution in [3.63, 3.8) is 0 Å². The molecule has 2 aromatic carbocycles. The number of H-pyrrole nitrogens is 1. The summed E-state index contributed by atoms with van der Waals surface area (Å²) in [4.78, 5) is 19.6. The number of benzene rings is 2. The monoisotopic (exact) mass is 433 g/mol. The molecule has 0 spiro atoms. The Morgan fingerprint density at radius 2 is 1.74 bits per heavy atom. The lowest BCUT2D eigenvalue weighted by Crippen LogP contribution is -2.12. The number of primary amides is 1. The lowest BCUT2D eigenvalue weighted by Gasteiger charge is -2.10. The Hall–Kier alpha value is -3.95. The Morgan fingerprint density at radius 1 is 1.03 bits per heavy atom. The van der Waals surface area contributed by atoms with Gasteiger partial charge in [-0.05, 0) is 42.0 Å². The van der Waals surface area contributed by atoms with Gasteiger partial charge >= 0.3 is 0 Å². The molecule has 1 amide bonds. The molecule has 0 radical (unpaired) electrons. The largest absolute Gasteiger partial charge is 0.366 e. The van der Waals surface area contributed by atoms with Crippen LogP contribution < -0.4 is 16.2 Å². The maximum Gasteiger partial charge on any atom is 0.249 e. The number of amides is 1. The third kappa shape index (κ3) is 4.32. The van der Waals surface area contributed by atoms with Gasteiger partial charge in [0.15, 0.2) is 0 Å². The molecule has 2 aromatic heterocycles. The van der Waals surface area contributed by atoms with Crippen molar-refractivity contribution in [2.24, 2.45) is 10.9 Å². The number of hydrogen-bond acceptors (Lipinski definition) is 5. The molecule has 6 N–H and O–H groups in total. The quantitative estimate of drug-likeness (QED) is 0.346. The van der Waals surface area contributed by atoms with E-state index >= 15 is 0 Å². The molecule has 9 heteroatoms. The van der Waals surface area contributed by atoms with E-state index in [0.717, 1.165) is 16.6 Å². The van der Waals surface area contributed by atoms with E-state index in [0.29, 0.717) is 22.5 Å². The summed E-state index contributed by atoms with van der Waals surface area (Å²) in [5, 5.41) is 9.16. The number of carbonyl (C=O) groups is 1. The van der Waals surface area contributed by atoms with Crippen molar-refractivity contribution in [2.75, 3.05) is 5.32 Å². The minimum Gasteiger partial charge on any atom is -0.366 e. The number of nitrogens with one attached hydrogen (secondary N) is 2. The zero-order valence-electron chi connectivity index (χ0n) is 16.2. The number of anilines is 2. The maximum atomic E-state index is 12.1. The number of hydrogen-bond donors (Lipinski definition) is 4. The molecule has 0 aliphatic carbocycles. The van der Waals surface area contributed by atoms with Gasteiger partial charge in [-0.15, -0.1) is 0 Å². The van der Waals surface area contributed by atoms with Crippen LogP contribution in [-0.2, 0) is 14.8 Å². The fourth-order valence-electron chi connectivity index (χ4n) is 3.25. The number of primary sulfonamides is 1. The Kier molecular flexibility index (Phi) is 5.28. The molecule has 0 saturated heterocycles. The third-order valence-corrected chi connectivity index (χ3v) is 5.65. The predicted octanol–water partition coefficient (Wildman–Crippen LogP) is 2.98. The Morgan fingerprint density at radius 3 is 2.39 bits per heavy atom. The Bertz CT molecular complexity index is 1390. The lowest BCUT2D eigenvalue weighted by atomic mass is 10.0. The number of aromatic nitrogens is 2. The van der Waals surface area contributed by atoms with Crippen molar-refractivity contribution < 1.29 is 13.2 Å². The van der Waals surface area contributed by atoms with Crippen LogP contribution in [0.3, 0.4) is 0 Å². The van der Waals surface area contributed by atoms with Crippen LogP contribution in [-0.4, -0.2) is 24.3 Å². The van der Waals surface area contributed by atoms with Crippen LogP contribution in [0, 0.1) is 0 Å². The predicted molar refractivity (Wildman–Crippen MR) is 121 cm³/mol. The topological polar surface area (TPSA) is 144 Å². The van der Waals surface area contributed by atoms with Gasteiger partial charge in [0.1, 0.15) is 5.65 Å². The van der Waals surface area contributed by atoms with Crippen molar-refractivity contribution in [1.82, 2.24) is 9.97 Å². The first kappa shape index (κ1) is 20.3. The molecule has 0 unspecified atom stereocenters. The highest BCUT2D eigenvalue weighted by molar-refractivity contribution is 7.89. The zero-order valence-corrected chi connectivity index (χ0v) is 17.1. The van der Waals surface area contributed by atoms with E-state index in [9.17, 15) is 13.2 Å². The summed E-state index contributed by atoms with van der Waals surface area (Å²) >= 11 is 0. The molecule has 0 aliphatic heterocycles. The maximum absolute atomic E-state index is 12.1. The van der Waals surface area contributed by atoms with Crippen molar-refractivity contribution in [3.05, 3.63) is 84.2 Å². The molecule has 8 nitrogen and oxygen atoms in total. The number of nitrogens with zero attached hydrogens (tertiary/aromatic N) is 1. The third-order valence-electron chi connectivity index (χ3n) is 4.72. The number of nitrogens with two attached hydrogens (primary N) is 2. The highest BCUT2D eigenvalue weighted by Crippen LogP contribution is 2.31. The van der Waals surface area contributed by atoms with Gasteiger partial charge in [0.2, 0.25) is 15.9 Å². The van der Waals surface area contributed by atoms with Gasteiger partial charge < -0.3 is 16.0 Å². The highest BCUT2D eigenvalue weighted by Gasteiger charge is 2.14. The van der Waals surface area contributed by atoms with E-state index in [1.807, 2.05) is 30.3 Å². The molecule has 31 heavy (non-hydrogen) atoms. The summed E-state index contributed by atoms with van der Waals surface area (Å²) in [7, 11) is -3.77. The highest BCUT2D eigenvalue weighted by atomic mass is 32.2. The summed E-state index contributed by atoms with van der Waals surface area (Å²) in [5.74, 6) is -0.544. The van der Waals surface area contributed by atoms with Gasteiger partial charge in [-0.1, -0.05) is 30.3 Å². The van der Waals surface area contributed by atoms with E-state index in [2.05, 4.69) is 15.3 Å². The number of aromatic amines is 1. The zero-order chi connectivity index (χ0) is 22.0. The summed E-state index contributed by atoms with van der Waals surface area (Å²) in [5.41, 5.74) is 9.44. The smallest absolute Gasteiger partial charge is 0.249 e. The van der Waals surface area contributed by atoms with Gasteiger partial charge in [0.05, 0.1) is 10.6 Å². The standard InChI is InChI=1S/C22H19N5O3S/c23-21(28)18(14-4-2-1-3-5-14)12-15-13-26-22-20(15)19(10-11-25-22)27-16-6-8-17(9-7-16)31(24,29)30/h1-13H,(H2,23,28)(H2,24,29,30)(H2,25,26,27). The molecule has 4 rings (SSSR count). The minimum atomic E-state index is -3.77. The van der Waals surface area contributed by atoms with Gasteiger partial charge in [-0.25, -0.2) is 18.5 Å². The van der Waals surface area contributed by atoms with Crippen LogP contribution >= 0.6 is 0 Å². The van der Waals surface area contributed by atoms with Crippen LogP contribution in [0.2, 0.25) is 0 Å². The summed E-state index contributed by atoms with van der Waals surface area (Å²) in [6.45, 7) is 0. The van der Waals surface area contributed by atoms with Crippen LogP contribution in [0.4, 0.5) is 11.4 Å². The minimum absolute atomic E-state index is 0.0251. The van der Waals surface area contributed by atoms with E-state index in [-0.39, 0.29) is 4.90 Å². The van der Waals surface area contributed by atoms with Crippen molar-refractivity contribution in [3.8, 4) is 0 Å². The van der Waals surface area contributed by atoms with Crippen LogP contribution in [0.1, 0.15) is 11.1 Å². The number of fused-ring (bicyclic) bond motifs is 1. The molecule has 0 bridgehead atoms. The first-order chi connectivity index (χ1) is 14.8. The second-order valence-electron chi connectivity index (χ2n) is 6.81.